The van der Waals surface area contributed by atoms with E-state index in [-0.39, 0.29) is 11.7 Å². The minimum Gasteiger partial charge on any atom is -0.438 e. The van der Waals surface area contributed by atoms with Crippen LogP contribution in [0.5, 0.6) is 11.6 Å². The lowest BCUT2D eigenvalue weighted by Gasteiger charge is -2.13. The molecule has 0 aliphatic rings. The SMILES string of the molecule is C=C(C)C(=O)Nc1ccc(-c2c(-c3ccc(Oc4ccn(C)n4)cc3)c3c(N)ncc(C#N)c3n2C)c(Cl)c1. The number of nitrogen functional groups attached to an aromatic ring is 1. The highest BCUT2D eigenvalue weighted by molar-refractivity contribution is 6.34. The molecule has 3 heterocycles. The van der Waals surface area contributed by atoms with Gasteiger partial charge in [-0.15, -0.1) is 5.10 Å². The molecule has 10 heteroatoms. The van der Waals surface area contributed by atoms with Crippen LogP contribution in [-0.4, -0.2) is 25.2 Å². The Morgan fingerprint density at radius 2 is 1.92 bits per heavy atom. The van der Waals surface area contributed by atoms with Gasteiger partial charge in [-0.3, -0.25) is 9.48 Å². The lowest BCUT2D eigenvalue weighted by atomic mass is 9.97. The van der Waals surface area contributed by atoms with Gasteiger partial charge in [-0.05, 0) is 42.8 Å². The highest BCUT2D eigenvalue weighted by Crippen LogP contribution is 2.45. The monoisotopic (exact) mass is 537 g/mol. The standard InChI is InChI=1S/C29H24ClN7O2/c1-16(2)29(38)34-19-7-10-21(22(30)13-19)27-24(25-26(37(27)4)18(14-31)15-33-28(25)32)17-5-8-20(9-6-17)39-23-11-12-36(3)35-23/h5-13,15H,1H2,2-4H3,(H2,32,33)(H,34,38). The van der Waals surface area contributed by atoms with E-state index in [9.17, 15) is 10.1 Å². The first-order chi connectivity index (χ1) is 18.7. The van der Waals surface area contributed by atoms with E-state index in [2.05, 4.69) is 28.0 Å². The maximum atomic E-state index is 12.1. The number of fused-ring (bicyclic) bond motifs is 1. The van der Waals surface area contributed by atoms with Crippen molar-refractivity contribution in [1.82, 2.24) is 19.3 Å². The zero-order chi connectivity index (χ0) is 27.8. The molecular weight excluding hydrogens is 514 g/mol. The fourth-order valence-corrected chi connectivity index (χ4v) is 4.74. The second-order valence-electron chi connectivity index (χ2n) is 9.06. The Hall–Kier alpha value is -5.07. The zero-order valence-corrected chi connectivity index (χ0v) is 22.2. The number of anilines is 2. The van der Waals surface area contributed by atoms with E-state index < -0.39 is 0 Å². The molecule has 5 aromatic rings. The van der Waals surface area contributed by atoms with E-state index in [1.807, 2.05) is 49.0 Å². The van der Waals surface area contributed by atoms with E-state index in [0.717, 1.165) is 16.8 Å². The van der Waals surface area contributed by atoms with E-state index >= 15 is 0 Å². The van der Waals surface area contributed by atoms with Crippen molar-refractivity contribution in [1.29, 1.82) is 5.26 Å². The number of rotatable bonds is 6. The van der Waals surface area contributed by atoms with Gasteiger partial charge in [0.1, 0.15) is 17.6 Å². The summed E-state index contributed by atoms with van der Waals surface area (Å²) in [6.45, 7) is 5.30. The number of nitriles is 1. The second kappa shape index (κ2) is 10.0. The van der Waals surface area contributed by atoms with Crippen LogP contribution in [0.25, 0.3) is 33.3 Å². The fourth-order valence-electron chi connectivity index (χ4n) is 4.47. The van der Waals surface area contributed by atoms with Crippen molar-refractivity contribution < 1.29 is 9.53 Å². The molecule has 0 bridgehead atoms. The number of carbonyl (C=O) groups excluding carboxylic acids is 1. The van der Waals surface area contributed by atoms with Gasteiger partial charge in [0, 0.05) is 54.9 Å². The van der Waals surface area contributed by atoms with Gasteiger partial charge in [-0.25, -0.2) is 4.98 Å². The van der Waals surface area contributed by atoms with Gasteiger partial charge >= 0.3 is 0 Å². The smallest absolute Gasteiger partial charge is 0.250 e. The normalized spacial score (nSPS) is 10.8. The summed E-state index contributed by atoms with van der Waals surface area (Å²) >= 11 is 6.79. The number of ether oxygens (including phenoxy) is 1. The molecule has 0 aliphatic carbocycles. The minimum absolute atomic E-state index is 0.288. The third-order valence-electron chi connectivity index (χ3n) is 6.28. The number of nitrogens with two attached hydrogens (primary N) is 1. The van der Waals surface area contributed by atoms with Crippen molar-refractivity contribution in [3.8, 4) is 40.1 Å². The Balaban J connectivity index is 1.68. The first-order valence-corrected chi connectivity index (χ1v) is 12.3. The first-order valence-electron chi connectivity index (χ1n) is 11.9. The molecule has 0 saturated heterocycles. The van der Waals surface area contributed by atoms with Gasteiger partial charge in [-0.2, -0.15) is 5.26 Å². The number of benzene rings is 2. The molecule has 0 radical (unpaired) electrons. The van der Waals surface area contributed by atoms with E-state index in [0.29, 0.717) is 49.9 Å². The molecule has 0 aliphatic heterocycles. The average Bonchev–Trinajstić information content (AvgIpc) is 3.45. The Kier molecular flexibility index (Phi) is 6.56. The molecule has 9 nitrogen and oxygen atoms in total. The van der Waals surface area contributed by atoms with Crippen LogP contribution in [-0.2, 0) is 18.9 Å². The molecule has 3 N–H and O–H groups in total. The van der Waals surface area contributed by atoms with Gasteiger partial charge in [0.15, 0.2) is 0 Å². The van der Waals surface area contributed by atoms with Crippen LogP contribution in [0.3, 0.4) is 0 Å². The molecule has 1 amide bonds. The number of aryl methyl sites for hydroxylation is 2. The van der Waals surface area contributed by atoms with Crippen molar-refractivity contribution in [2.24, 2.45) is 14.1 Å². The minimum atomic E-state index is -0.297. The van der Waals surface area contributed by atoms with Gasteiger partial charge in [0.25, 0.3) is 5.91 Å². The van der Waals surface area contributed by atoms with Crippen molar-refractivity contribution in [2.45, 2.75) is 6.92 Å². The molecule has 5 rings (SSSR count). The van der Waals surface area contributed by atoms with Crippen molar-refractivity contribution in [3.63, 3.8) is 0 Å². The number of hydrogen-bond acceptors (Lipinski definition) is 6. The predicted octanol–water partition coefficient (Wildman–Crippen LogP) is 6.05. The number of hydrogen-bond donors (Lipinski definition) is 2. The summed E-state index contributed by atoms with van der Waals surface area (Å²) in [6, 6.07) is 16.7. The Labute approximate surface area is 229 Å². The van der Waals surface area contributed by atoms with E-state index in [1.165, 1.54) is 6.20 Å². The van der Waals surface area contributed by atoms with Crippen molar-refractivity contribution in [3.05, 3.63) is 83.7 Å². The first kappa shape index (κ1) is 25.6. The number of carbonyl (C=O) groups is 1. The summed E-state index contributed by atoms with van der Waals surface area (Å²) in [5, 5.41) is 17.9. The molecule has 39 heavy (non-hydrogen) atoms. The molecule has 3 aromatic heterocycles. The summed E-state index contributed by atoms with van der Waals surface area (Å²) in [4.78, 5) is 16.4. The molecule has 0 unspecified atom stereocenters. The molecule has 0 spiro atoms. The summed E-state index contributed by atoms with van der Waals surface area (Å²) in [5.41, 5.74) is 11.4. The molecule has 0 atom stereocenters. The Bertz CT molecular complexity index is 1810. The molecule has 194 valence electrons. The third kappa shape index (κ3) is 4.69. The number of nitrogens with one attached hydrogen (secondary N) is 1. The predicted molar refractivity (Wildman–Crippen MR) is 152 cm³/mol. The van der Waals surface area contributed by atoms with Gasteiger partial charge in [0.05, 0.1) is 27.2 Å². The lowest BCUT2D eigenvalue weighted by Crippen LogP contribution is -2.11. The summed E-state index contributed by atoms with van der Waals surface area (Å²) in [7, 11) is 3.67. The second-order valence-corrected chi connectivity index (χ2v) is 9.47. The fraction of sp³-hybridized carbons (Fsp3) is 0.103. The van der Waals surface area contributed by atoms with Crippen LogP contribution in [0.1, 0.15) is 12.5 Å². The third-order valence-corrected chi connectivity index (χ3v) is 6.60. The number of halogens is 1. The van der Waals surface area contributed by atoms with Crippen molar-refractivity contribution in [2.75, 3.05) is 11.1 Å². The highest BCUT2D eigenvalue weighted by Gasteiger charge is 2.24. The summed E-state index contributed by atoms with van der Waals surface area (Å²) in [5.74, 6) is 1.08. The topological polar surface area (TPSA) is 124 Å². The van der Waals surface area contributed by atoms with Gasteiger partial charge < -0.3 is 20.4 Å². The summed E-state index contributed by atoms with van der Waals surface area (Å²) in [6.07, 6.45) is 3.26. The van der Waals surface area contributed by atoms with Gasteiger partial charge in [-0.1, -0.05) is 30.3 Å². The van der Waals surface area contributed by atoms with Crippen LogP contribution < -0.4 is 15.8 Å². The number of amides is 1. The van der Waals surface area contributed by atoms with E-state index in [1.54, 1.807) is 36.0 Å². The number of aromatic nitrogens is 4. The molecule has 0 saturated carbocycles. The Morgan fingerprint density at radius 3 is 2.54 bits per heavy atom. The maximum Gasteiger partial charge on any atom is 0.250 e. The highest BCUT2D eigenvalue weighted by atomic mass is 35.5. The average molecular weight is 538 g/mol. The largest absolute Gasteiger partial charge is 0.438 e. The molecule has 0 fully saturated rings. The summed E-state index contributed by atoms with van der Waals surface area (Å²) < 4.78 is 9.42. The van der Waals surface area contributed by atoms with Crippen LogP contribution in [0.15, 0.2) is 73.1 Å². The van der Waals surface area contributed by atoms with Crippen LogP contribution in [0, 0.1) is 11.3 Å². The lowest BCUT2D eigenvalue weighted by molar-refractivity contribution is -0.112. The number of nitrogens with zero attached hydrogens (tertiary/aromatic N) is 5. The van der Waals surface area contributed by atoms with Crippen LogP contribution in [0.2, 0.25) is 5.02 Å². The molecule has 2 aromatic carbocycles. The number of pyridine rings is 1. The van der Waals surface area contributed by atoms with Gasteiger partial charge in [0.2, 0.25) is 5.88 Å². The van der Waals surface area contributed by atoms with Crippen LogP contribution >= 0.6 is 11.6 Å². The van der Waals surface area contributed by atoms with Crippen molar-refractivity contribution >= 4 is 39.9 Å². The zero-order valence-electron chi connectivity index (χ0n) is 21.5. The molecular formula is C29H24ClN7O2. The quantitative estimate of drug-likeness (QED) is 0.254. The Morgan fingerprint density at radius 1 is 1.18 bits per heavy atom. The maximum absolute atomic E-state index is 12.1. The van der Waals surface area contributed by atoms with E-state index in [4.69, 9.17) is 22.1 Å². The van der Waals surface area contributed by atoms with Crippen LogP contribution in [0.4, 0.5) is 11.5 Å².